The van der Waals surface area contributed by atoms with Crippen LogP contribution < -0.4 is 9.47 Å². The summed E-state index contributed by atoms with van der Waals surface area (Å²) in [7, 11) is 0. The summed E-state index contributed by atoms with van der Waals surface area (Å²) >= 11 is 0. The van der Waals surface area contributed by atoms with Crippen molar-refractivity contribution < 1.29 is 14.6 Å². The Balaban J connectivity index is 1.39. The van der Waals surface area contributed by atoms with Crippen LogP contribution in [0.25, 0.3) is 22.2 Å². The molecule has 0 saturated carbocycles. The van der Waals surface area contributed by atoms with E-state index in [0.29, 0.717) is 30.7 Å². The minimum Gasteiger partial charge on any atom is -0.508 e. The van der Waals surface area contributed by atoms with Crippen LogP contribution in [0.5, 0.6) is 17.5 Å². The molecule has 6 heteroatoms. The molecule has 0 unspecified atom stereocenters. The lowest BCUT2D eigenvalue weighted by Gasteiger charge is -2.14. The van der Waals surface area contributed by atoms with Gasteiger partial charge in [-0.2, -0.15) is 10.1 Å². The fourth-order valence-electron chi connectivity index (χ4n) is 4.60. The number of phenolic OH excluding ortho intramolecular Hbond substituents is 1. The van der Waals surface area contributed by atoms with Gasteiger partial charge in [0.15, 0.2) is 0 Å². The van der Waals surface area contributed by atoms with Gasteiger partial charge < -0.3 is 14.6 Å². The van der Waals surface area contributed by atoms with E-state index in [1.165, 1.54) is 0 Å². The second kappa shape index (κ2) is 9.14. The molecule has 0 atom stereocenters. The van der Waals surface area contributed by atoms with Crippen LogP contribution in [0.15, 0.2) is 84.9 Å². The maximum Gasteiger partial charge on any atom is 0.226 e. The number of pyridine rings is 1. The first kappa shape index (κ1) is 21.2. The Bertz CT molecular complexity index is 1480. The molecule has 1 aliphatic rings. The van der Waals surface area contributed by atoms with Crippen molar-refractivity contribution >= 4 is 10.9 Å². The second-order valence-corrected chi connectivity index (χ2v) is 8.69. The Morgan fingerprint density at radius 3 is 2.26 bits per heavy atom. The Kier molecular flexibility index (Phi) is 5.54. The van der Waals surface area contributed by atoms with Gasteiger partial charge in [0.2, 0.25) is 11.8 Å². The zero-order valence-corrected chi connectivity index (χ0v) is 19.2. The van der Waals surface area contributed by atoms with Gasteiger partial charge >= 0.3 is 0 Å². The average molecular weight is 464 g/mol. The lowest BCUT2D eigenvalue weighted by Crippen LogP contribution is -2.08. The van der Waals surface area contributed by atoms with Crippen molar-refractivity contribution in [1.82, 2.24) is 14.8 Å². The van der Waals surface area contributed by atoms with Crippen molar-refractivity contribution in [2.45, 2.75) is 32.6 Å². The molecule has 0 aliphatic carbocycles. The smallest absolute Gasteiger partial charge is 0.226 e. The van der Waals surface area contributed by atoms with Crippen molar-refractivity contribution in [2.75, 3.05) is 0 Å². The third-order valence-electron chi connectivity index (χ3n) is 6.33. The maximum absolute atomic E-state index is 10.4. The first-order valence-electron chi connectivity index (χ1n) is 11.8. The summed E-state index contributed by atoms with van der Waals surface area (Å²) in [6.07, 6.45) is 1.79. The van der Waals surface area contributed by atoms with E-state index in [2.05, 4.69) is 0 Å². The van der Waals surface area contributed by atoms with Gasteiger partial charge in [-0.15, -0.1) is 0 Å². The van der Waals surface area contributed by atoms with Gasteiger partial charge in [0.05, 0.1) is 11.1 Å². The molecule has 6 rings (SSSR count). The van der Waals surface area contributed by atoms with Crippen LogP contribution in [0, 0.1) is 0 Å². The van der Waals surface area contributed by atoms with Crippen molar-refractivity contribution in [2.24, 2.45) is 0 Å². The van der Waals surface area contributed by atoms with Gasteiger partial charge in [-0.05, 0) is 42.2 Å². The summed E-state index contributed by atoms with van der Waals surface area (Å²) in [5.74, 6) is 1.29. The second-order valence-electron chi connectivity index (χ2n) is 8.69. The normalized spacial score (nSPS) is 12.6. The number of hydrogen-bond donors (Lipinski definition) is 1. The topological polar surface area (TPSA) is 69.4 Å². The molecule has 6 nitrogen and oxygen atoms in total. The first-order chi connectivity index (χ1) is 17.3. The van der Waals surface area contributed by atoms with E-state index in [9.17, 15) is 5.11 Å². The van der Waals surface area contributed by atoms with Crippen LogP contribution in [0.1, 0.15) is 23.1 Å². The molecule has 35 heavy (non-hydrogen) atoms. The molecule has 1 aliphatic heterocycles. The largest absolute Gasteiger partial charge is 0.508 e. The molecule has 0 saturated heterocycles. The number of phenols is 1. The maximum atomic E-state index is 10.4. The molecule has 174 valence electrons. The molecule has 1 N–H and O–H groups in total. The predicted octanol–water partition coefficient (Wildman–Crippen LogP) is 5.91. The van der Waals surface area contributed by atoms with Gasteiger partial charge in [0.1, 0.15) is 24.7 Å². The molecule has 0 bridgehead atoms. The van der Waals surface area contributed by atoms with E-state index < -0.39 is 0 Å². The fraction of sp³-hybridized carbons (Fsp3) is 0.172. The summed E-state index contributed by atoms with van der Waals surface area (Å²) in [6.45, 7) is 1.62. The third-order valence-corrected chi connectivity index (χ3v) is 6.33. The van der Waals surface area contributed by atoms with E-state index in [1.54, 1.807) is 6.07 Å². The summed E-state index contributed by atoms with van der Waals surface area (Å²) in [5.41, 5.74) is 5.67. The molecule has 0 spiro atoms. The number of nitrogens with zero attached hydrogens (tertiary/aromatic N) is 3. The predicted molar refractivity (Wildman–Crippen MR) is 134 cm³/mol. The average Bonchev–Trinajstić information content (AvgIpc) is 3.29. The number of hydrogen-bond acceptors (Lipinski definition) is 5. The van der Waals surface area contributed by atoms with E-state index in [0.717, 1.165) is 58.2 Å². The van der Waals surface area contributed by atoms with Crippen molar-refractivity contribution in [3.8, 4) is 28.8 Å². The molecule has 0 radical (unpaired) electrons. The fourth-order valence-corrected chi connectivity index (χ4v) is 4.60. The highest BCUT2D eigenvalue weighted by molar-refractivity contribution is 5.97. The van der Waals surface area contributed by atoms with Gasteiger partial charge in [0.25, 0.3) is 0 Å². The van der Waals surface area contributed by atoms with Crippen LogP contribution in [0.3, 0.4) is 0 Å². The number of aromatic nitrogens is 3. The Labute approximate surface area is 203 Å². The zero-order valence-electron chi connectivity index (χ0n) is 19.2. The number of ether oxygens (including phenoxy) is 2. The third kappa shape index (κ3) is 4.19. The van der Waals surface area contributed by atoms with Crippen LogP contribution in [-0.2, 0) is 26.2 Å². The zero-order chi connectivity index (χ0) is 23.6. The molecule has 3 heterocycles. The van der Waals surface area contributed by atoms with E-state index in [1.807, 2.05) is 83.5 Å². The lowest BCUT2D eigenvalue weighted by molar-refractivity contribution is 0.268. The highest BCUT2D eigenvalue weighted by Crippen LogP contribution is 2.40. The Hall–Kier alpha value is -4.32. The van der Waals surface area contributed by atoms with E-state index in [4.69, 9.17) is 19.6 Å². The first-order valence-corrected chi connectivity index (χ1v) is 11.8. The van der Waals surface area contributed by atoms with E-state index >= 15 is 0 Å². The summed E-state index contributed by atoms with van der Waals surface area (Å²) in [5, 5.41) is 16.3. The lowest BCUT2D eigenvalue weighted by atomic mass is 10.00. The van der Waals surface area contributed by atoms with Gasteiger partial charge in [-0.1, -0.05) is 60.7 Å². The molecular weight excluding hydrogens is 438 g/mol. The molecule has 2 aromatic heterocycles. The van der Waals surface area contributed by atoms with Crippen molar-refractivity contribution in [3.63, 3.8) is 0 Å². The molecular formula is C29H25N3O3. The standard InChI is InChI=1S/C29H25N3O3/c33-25-15-13-23-27(31-32-17-7-12-22(25)28(23)32)24-14-16-26(34-18-20-8-3-1-4-9-20)30-29(24)35-19-21-10-5-2-6-11-21/h1-6,8-11,13-16,33H,7,12,17-19H2. The monoisotopic (exact) mass is 463 g/mol. The van der Waals surface area contributed by atoms with Gasteiger partial charge in [-0.3, -0.25) is 4.68 Å². The number of aromatic hydroxyl groups is 1. The Morgan fingerprint density at radius 2 is 1.51 bits per heavy atom. The number of aryl methyl sites for hydroxylation is 2. The number of rotatable bonds is 7. The molecule has 0 fully saturated rings. The van der Waals surface area contributed by atoms with Crippen LogP contribution in [-0.4, -0.2) is 19.9 Å². The molecule has 3 aromatic carbocycles. The van der Waals surface area contributed by atoms with Crippen LogP contribution in [0.4, 0.5) is 0 Å². The summed E-state index contributed by atoms with van der Waals surface area (Å²) < 4.78 is 14.2. The molecule has 0 amide bonds. The van der Waals surface area contributed by atoms with Crippen molar-refractivity contribution in [1.29, 1.82) is 0 Å². The van der Waals surface area contributed by atoms with Crippen LogP contribution >= 0.6 is 0 Å². The summed E-state index contributed by atoms with van der Waals surface area (Å²) in [6, 6.07) is 27.5. The Morgan fingerprint density at radius 1 is 0.800 bits per heavy atom. The minimum absolute atomic E-state index is 0.327. The quantitative estimate of drug-likeness (QED) is 0.325. The van der Waals surface area contributed by atoms with E-state index in [-0.39, 0.29) is 0 Å². The van der Waals surface area contributed by atoms with Gasteiger partial charge in [0, 0.05) is 23.6 Å². The SMILES string of the molecule is Oc1ccc2c(-c3ccc(OCc4ccccc4)nc3OCc3ccccc3)nn3c2c1CCC3. The highest BCUT2D eigenvalue weighted by Gasteiger charge is 2.23. The highest BCUT2D eigenvalue weighted by atomic mass is 16.5. The number of benzene rings is 3. The van der Waals surface area contributed by atoms with Crippen LogP contribution in [0.2, 0.25) is 0 Å². The minimum atomic E-state index is 0.327. The summed E-state index contributed by atoms with van der Waals surface area (Å²) in [4.78, 5) is 4.73. The van der Waals surface area contributed by atoms with Gasteiger partial charge in [-0.25, -0.2) is 0 Å². The van der Waals surface area contributed by atoms with Crippen molar-refractivity contribution in [3.05, 3.63) is 102 Å². The molecule has 5 aromatic rings.